The van der Waals surface area contributed by atoms with Crippen molar-refractivity contribution in [3.05, 3.63) is 71.3 Å². The lowest BCUT2D eigenvalue weighted by molar-refractivity contribution is 0.103. The summed E-state index contributed by atoms with van der Waals surface area (Å²) in [5, 5.41) is 7.46. The Balaban J connectivity index is 2.48. The zero-order chi connectivity index (χ0) is 12.3. The maximum atomic E-state index is 12.2. The number of hydrogen-bond donors (Lipinski definition) is 2. The number of ketones is 1. The van der Waals surface area contributed by atoms with Crippen LogP contribution >= 0.6 is 0 Å². The molecule has 2 rings (SSSR count). The molecule has 84 valence electrons. The van der Waals surface area contributed by atoms with Gasteiger partial charge in [0.25, 0.3) is 0 Å². The van der Waals surface area contributed by atoms with Gasteiger partial charge < -0.3 is 5.73 Å². The van der Waals surface area contributed by atoms with E-state index in [1.54, 1.807) is 36.4 Å². The van der Waals surface area contributed by atoms with Gasteiger partial charge >= 0.3 is 0 Å². The molecule has 0 atom stereocenters. The maximum absolute atomic E-state index is 12.2. The molecule has 0 amide bonds. The standard InChI is InChI=1S/C14H12N2O/c15-14(16)12-9-5-4-8-11(12)13(17)10-6-2-1-3-7-10/h1-9H,(H3,15,16). The van der Waals surface area contributed by atoms with Crippen LogP contribution in [0.1, 0.15) is 21.5 Å². The third kappa shape index (κ3) is 2.23. The summed E-state index contributed by atoms with van der Waals surface area (Å²) >= 11 is 0. The van der Waals surface area contributed by atoms with Gasteiger partial charge in [-0.25, -0.2) is 0 Å². The number of nitrogens with one attached hydrogen (secondary N) is 1. The summed E-state index contributed by atoms with van der Waals surface area (Å²) in [6, 6.07) is 15.9. The molecule has 0 unspecified atom stereocenters. The van der Waals surface area contributed by atoms with Gasteiger partial charge in [0.2, 0.25) is 0 Å². The van der Waals surface area contributed by atoms with Gasteiger partial charge in [-0.3, -0.25) is 10.2 Å². The van der Waals surface area contributed by atoms with Gasteiger partial charge in [-0.05, 0) is 0 Å². The molecule has 0 aliphatic rings. The van der Waals surface area contributed by atoms with E-state index in [0.29, 0.717) is 16.7 Å². The van der Waals surface area contributed by atoms with Crippen LogP contribution in [0, 0.1) is 5.41 Å². The van der Waals surface area contributed by atoms with Crippen molar-refractivity contribution in [1.82, 2.24) is 0 Å². The van der Waals surface area contributed by atoms with Crippen molar-refractivity contribution in [2.24, 2.45) is 5.73 Å². The summed E-state index contributed by atoms with van der Waals surface area (Å²) in [4.78, 5) is 12.2. The molecule has 3 heteroatoms. The lowest BCUT2D eigenvalue weighted by Gasteiger charge is -2.06. The zero-order valence-electron chi connectivity index (χ0n) is 9.18. The second kappa shape index (κ2) is 4.61. The van der Waals surface area contributed by atoms with Gasteiger partial charge in [0, 0.05) is 16.7 Å². The molecule has 0 bridgehead atoms. The molecular weight excluding hydrogens is 212 g/mol. The van der Waals surface area contributed by atoms with Crippen LogP contribution in [-0.2, 0) is 0 Å². The van der Waals surface area contributed by atoms with Crippen molar-refractivity contribution in [3.8, 4) is 0 Å². The average molecular weight is 224 g/mol. The Morgan fingerprint density at radius 2 is 1.41 bits per heavy atom. The van der Waals surface area contributed by atoms with E-state index < -0.39 is 0 Å². The molecule has 3 nitrogen and oxygen atoms in total. The molecule has 0 heterocycles. The van der Waals surface area contributed by atoms with Crippen molar-refractivity contribution in [2.45, 2.75) is 0 Å². The monoisotopic (exact) mass is 224 g/mol. The first kappa shape index (κ1) is 11.1. The molecule has 0 aliphatic carbocycles. The van der Waals surface area contributed by atoms with E-state index in [2.05, 4.69) is 0 Å². The summed E-state index contributed by atoms with van der Waals surface area (Å²) in [6.45, 7) is 0. The SMILES string of the molecule is N=C(N)c1ccccc1C(=O)c1ccccc1. The van der Waals surface area contributed by atoms with Crippen molar-refractivity contribution in [3.63, 3.8) is 0 Å². The Kier molecular flexibility index (Phi) is 3.01. The highest BCUT2D eigenvalue weighted by atomic mass is 16.1. The van der Waals surface area contributed by atoms with Crippen LogP contribution < -0.4 is 5.73 Å². The summed E-state index contributed by atoms with van der Waals surface area (Å²) in [6.07, 6.45) is 0. The van der Waals surface area contributed by atoms with Gasteiger partial charge in [0.15, 0.2) is 5.78 Å². The first-order chi connectivity index (χ1) is 8.20. The highest BCUT2D eigenvalue weighted by Gasteiger charge is 2.13. The van der Waals surface area contributed by atoms with Crippen LogP contribution in [0.2, 0.25) is 0 Å². The minimum atomic E-state index is -0.114. The van der Waals surface area contributed by atoms with Crippen LogP contribution in [0.15, 0.2) is 54.6 Å². The van der Waals surface area contributed by atoms with Gasteiger partial charge in [-0.2, -0.15) is 0 Å². The second-order valence-corrected chi connectivity index (χ2v) is 3.65. The van der Waals surface area contributed by atoms with E-state index in [0.717, 1.165) is 0 Å². The minimum Gasteiger partial charge on any atom is -0.384 e. The van der Waals surface area contributed by atoms with E-state index in [1.807, 2.05) is 18.2 Å². The predicted molar refractivity (Wildman–Crippen MR) is 67.3 cm³/mol. The van der Waals surface area contributed by atoms with Crippen LogP contribution in [0.4, 0.5) is 0 Å². The minimum absolute atomic E-state index is 0.0927. The molecule has 17 heavy (non-hydrogen) atoms. The van der Waals surface area contributed by atoms with Gasteiger partial charge in [-0.15, -0.1) is 0 Å². The second-order valence-electron chi connectivity index (χ2n) is 3.65. The number of nitrogen functional groups attached to an aromatic ring is 1. The Labute approximate surface area is 99.4 Å². The fourth-order valence-corrected chi connectivity index (χ4v) is 1.66. The van der Waals surface area contributed by atoms with Crippen LogP contribution in [0.5, 0.6) is 0 Å². The largest absolute Gasteiger partial charge is 0.384 e. The molecule has 0 fully saturated rings. The molecule has 0 aliphatic heterocycles. The lowest BCUT2D eigenvalue weighted by Crippen LogP contribution is -2.16. The van der Waals surface area contributed by atoms with Crippen molar-refractivity contribution in [1.29, 1.82) is 5.41 Å². The van der Waals surface area contributed by atoms with Crippen LogP contribution in [-0.4, -0.2) is 11.6 Å². The zero-order valence-corrected chi connectivity index (χ0v) is 9.18. The van der Waals surface area contributed by atoms with Gasteiger partial charge in [0.05, 0.1) is 0 Å². The third-order valence-electron chi connectivity index (χ3n) is 2.50. The molecule has 2 aromatic rings. The van der Waals surface area contributed by atoms with E-state index in [4.69, 9.17) is 11.1 Å². The summed E-state index contributed by atoms with van der Waals surface area (Å²) in [5.74, 6) is -0.207. The molecule has 0 radical (unpaired) electrons. The maximum Gasteiger partial charge on any atom is 0.193 e. The normalized spacial score (nSPS) is 9.88. The summed E-state index contributed by atoms with van der Waals surface area (Å²) in [7, 11) is 0. The van der Waals surface area contributed by atoms with Crippen molar-refractivity contribution < 1.29 is 4.79 Å². The number of carbonyl (C=O) groups is 1. The highest BCUT2D eigenvalue weighted by Crippen LogP contribution is 2.14. The van der Waals surface area contributed by atoms with Gasteiger partial charge in [-0.1, -0.05) is 54.6 Å². The van der Waals surface area contributed by atoms with Crippen molar-refractivity contribution in [2.75, 3.05) is 0 Å². The van der Waals surface area contributed by atoms with E-state index >= 15 is 0 Å². The Morgan fingerprint density at radius 3 is 2.00 bits per heavy atom. The first-order valence-electron chi connectivity index (χ1n) is 5.23. The fourth-order valence-electron chi connectivity index (χ4n) is 1.66. The fraction of sp³-hybridized carbons (Fsp3) is 0. The average Bonchev–Trinajstić information content (AvgIpc) is 2.39. The molecule has 0 aromatic heterocycles. The first-order valence-corrected chi connectivity index (χ1v) is 5.23. The molecular formula is C14H12N2O. The Hall–Kier alpha value is -2.42. The highest BCUT2D eigenvalue weighted by molar-refractivity contribution is 6.15. The Morgan fingerprint density at radius 1 is 0.882 bits per heavy atom. The van der Waals surface area contributed by atoms with E-state index in [9.17, 15) is 4.79 Å². The van der Waals surface area contributed by atoms with Crippen LogP contribution in [0.3, 0.4) is 0 Å². The number of amidine groups is 1. The van der Waals surface area contributed by atoms with Crippen LogP contribution in [0.25, 0.3) is 0 Å². The van der Waals surface area contributed by atoms with E-state index in [-0.39, 0.29) is 11.6 Å². The number of hydrogen-bond acceptors (Lipinski definition) is 2. The van der Waals surface area contributed by atoms with E-state index in [1.165, 1.54) is 0 Å². The molecule has 2 aromatic carbocycles. The lowest BCUT2D eigenvalue weighted by atomic mass is 9.98. The summed E-state index contributed by atoms with van der Waals surface area (Å²) in [5.41, 5.74) is 7.00. The quantitative estimate of drug-likeness (QED) is 0.477. The molecule has 0 saturated carbocycles. The number of rotatable bonds is 3. The predicted octanol–water partition coefficient (Wildman–Crippen LogP) is 2.20. The number of carbonyl (C=O) groups excluding carboxylic acids is 1. The summed E-state index contributed by atoms with van der Waals surface area (Å²) < 4.78 is 0. The number of nitrogens with two attached hydrogens (primary N) is 1. The topological polar surface area (TPSA) is 66.9 Å². The number of benzene rings is 2. The smallest absolute Gasteiger partial charge is 0.193 e. The van der Waals surface area contributed by atoms with Gasteiger partial charge in [0.1, 0.15) is 5.84 Å². The van der Waals surface area contributed by atoms with Crippen molar-refractivity contribution >= 4 is 11.6 Å². The Bertz CT molecular complexity index is 561. The molecule has 0 saturated heterocycles. The molecule has 0 spiro atoms. The molecule has 3 N–H and O–H groups in total. The third-order valence-corrected chi connectivity index (χ3v) is 2.50.